The van der Waals surface area contributed by atoms with Crippen molar-refractivity contribution in [2.24, 2.45) is 0 Å². The Hall–Kier alpha value is -6.12. The Kier molecular flexibility index (Phi) is 6.17. The molecule has 46 heavy (non-hydrogen) atoms. The van der Waals surface area contributed by atoms with E-state index in [-0.39, 0.29) is 0 Å². The Morgan fingerprint density at radius 1 is 0.348 bits per heavy atom. The Morgan fingerprint density at radius 2 is 0.978 bits per heavy atom. The van der Waals surface area contributed by atoms with E-state index in [1.165, 1.54) is 32.8 Å². The van der Waals surface area contributed by atoms with E-state index < -0.39 is 0 Å². The minimum absolute atomic E-state index is 0.871. The molecule has 9 rings (SSSR count). The quantitative estimate of drug-likeness (QED) is 0.199. The van der Waals surface area contributed by atoms with Crippen LogP contribution < -0.4 is 4.90 Å². The molecule has 0 aliphatic carbocycles. The lowest BCUT2D eigenvalue weighted by Crippen LogP contribution is -2.11. The van der Waals surface area contributed by atoms with Gasteiger partial charge in [-0.2, -0.15) is 0 Å². The topological polar surface area (TPSA) is 16.4 Å². The van der Waals surface area contributed by atoms with Crippen LogP contribution in [0.1, 0.15) is 0 Å². The Morgan fingerprint density at radius 3 is 1.85 bits per heavy atom. The van der Waals surface area contributed by atoms with Gasteiger partial charge in [0, 0.05) is 27.4 Å². The van der Waals surface area contributed by atoms with Crippen LogP contribution in [0.25, 0.3) is 65.7 Å². The lowest BCUT2D eigenvalue weighted by molar-refractivity contribution is 0.673. The summed E-state index contributed by atoms with van der Waals surface area (Å²) >= 11 is 0. The van der Waals surface area contributed by atoms with E-state index in [1.807, 2.05) is 0 Å². The van der Waals surface area contributed by atoms with Gasteiger partial charge in [0.25, 0.3) is 0 Å². The third-order valence-electron chi connectivity index (χ3n) is 9.05. The van der Waals surface area contributed by atoms with Gasteiger partial charge >= 0.3 is 0 Å². The molecule has 0 fully saturated rings. The van der Waals surface area contributed by atoms with Crippen molar-refractivity contribution in [3.05, 3.63) is 176 Å². The van der Waals surface area contributed by atoms with Crippen molar-refractivity contribution in [1.82, 2.24) is 0 Å². The maximum atomic E-state index is 6.86. The zero-order chi connectivity index (χ0) is 30.5. The summed E-state index contributed by atoms with van der Waals surface area (Å²) in [7, 11) is 0. The van der Waals surface area contributed by atoms with Gasteiger partial charge in [0.15, 0.2) is 5.58 Å². The monoisotopic (exact) mass is 587 g/mol. The zero-order valence-corrected chi connectivity index (χ0v) is 25.1. The lowest BCUT2D eigenvalue weighted by Gasteiger charge is -2.28. The summed E-state index contributed by atoms with van der Waals surface area (Å²) in [6, 6.07) is 62.6. The highest BCUT2D eigenvalue weighted by Gasteiger charge is 2.22. The Labute approximate surface area is 267 Å². The molecule has 0 N–H and O–H groups in total. The van der Waals surface area contributed by atoms with Crippen LogP contribution in [0.5, 0.6) is 0 Å². The molecule has 1 heterocycles. The molecule has 0 atom stereocenters. The summed E-state index contributed by atoms with van der Waals surface area (Å²) in [6.07, 6.45) is 0. The van der Waals surface area contributed by atoms with Gasteiger partial charge in [-0.25, -0.2) is 0 Å². The fourth-order valence-corrected chi connectivity index (χ4v) is 6.80. The molecule has 2 heteroatoms. The van der Waals surface area contributed by atoms with Gasteiger partial charge in [-0.1, -0.05) is 140 Å². The zero-order valence-electron chi connectivity index (χ0n) is 25.1. The Balaban J connectivity index is 1.26. The summed E-state index contributed by atoms with van der Waals surface area (Å²) in [5.74, 6) is 0. The summed E-state index contributed by atoms with van der Waals surface area (Å²) in [5.41, 5.74) is 9.64. The molecule has 0 saturated carbocycles. The molecule has 8 aromatic carbocycles. The van der Waals surface area contributed by atoms with E-state index in [0.29, 0.717) is 0 Å². The number of fused-ring (bicyclic) bond motifs is 6. The van der Waals surface area contributed by atoms with Crippen LogP contribution in [-0.2, 0) is 0 Å². The van der Waals surface area contributed by atoms with Gasteiger partial charge in [0.05, 0.1) is 11.4 Å². The molecule has 216 valence electrons. The van der Waals surface area contributed by atoms with E-state index in [4.69, 9.17) is 4.42 Å². The molecular formula is C44H29NO. The van der Waals surface area contributed by atoms with E-state index in [1.54, 1.807) is 0 Å². The van der Waals surface area contributed by atoms with Crippen LogP contribution in [0, 0.1) is 0 Å². The largest absolute Gasteiger partial charge is 0.453 e. The molecule has 0 radical (unpaired) electrons. The normalized spacial score (nSPS) is 11.5. The molecular weight excluding hydrogens is 558 g/mol. The standard InChI is InChI=1S/C44H29NO/c1-2-12-32(13-3-1)37-16-8-9-19-41(37)45(36-26-23-31(24-27-36)35-22-21-30-11-4-5-15-34(30)29-35)42-20-10-18-39-40-28-25-33-14-6-7-17-38(33)43(40)46-44(39)42/h1-29H. The first kappa shape index (κ1) is 26.3. The fourth-order valence-electron chi connectivity index (χ4n) is 6.80. The van der Waals surface area contributed by atoms with Crippen LogP contribution in [-0.4, -0.2) is 0 Å². The van der Waals surface area contributed by atoms with Crippen LogP contribution in [0.15, 0.2) is 180 Å². The molecule has 0 aliphatic heterocycles. The van der Waals surface area contributed by atoms with E-state index in [2.05, 4.69) is 181 Å². The van der Waals surface area contributed by atoms with Crippen molar-refractivity contribution in [2.45, 2.75) is 0 Å². The van der Waals surface area contributed by atoms with Gasteiger partial charge in [-0.05, 0) is 69.2 Å². The number of nitrogens with zero attached hydrogens (tertiary/aromatic N) is 1. The predicted octanol–water partition coefficient (Wildman–Crippen LogP) is 12.7. The minimum atomic E-state index is 0.871. The summed E-state index contributed by atoms with van der Waals surface area (Å²) in [5, 5.41) is 7.01. The van der Waals surface area contributed by atoms with Gasteiger partial charge in [0.2, 0.25) is 0 Å². The first-order valence-corrected chi connectivity index (χ1v) is 15.7. The van der Waals surface area contributed by atoms with Gasteiger partial charge < -0.3 is 9.32 Å². The van der Waals surface area contributed by atoms with Crippen LogP contribution in [0.3, 0.4) is 0 Å². The molecule has 0 amide bonds. The van der Waals surface area contributed by atoms with Gasteiger partial charge in [-0.15, -0.1) is 0 Å². The average molecular weight is 588 g/mol. The highest BCUT2D eigenvalue weighted by Crippen LogP contribution is 2.46. The van der Waals surface area contributed by atoms with Crippen molar-refractivity contribution in [2.75, 3.05) is 4.90 Å². The third kappa shape index (κ3) is 4.35. The van der Waals surface area contributed by atoms with Crippen LogP contribution >= 0.6 is 0 Å². The van der Waals surface area contributed by atoms with Gasteiger partial charge in [-0.3, -0.25) is 0 Å². The average Bonchev–Trinajstić information content (AvgIpc) is 3.53. The van der Waals surface area contributed by atoms with Crippen molar-refractivity contribution < 1.29 is 4.42 Å². The molecule has 0 unspecified atom stereocenters. The van der Waals surface area contributed by atoms with Crippen molar-refractivity contribution >= 4 is 60.5 Å². The molecule has 0 aliphatic rings. The number of benzene rings is 8. The number of hydrogen-bond donors (Lipinski definition) is 0. The second-order valence-corrected chi connectivity index (χ2v) is 11.7. The highest BCUT2D eigenvalue weighted by molar-refractivity contribution is 6.17. The fraction of sp³-hybridized carbons (Fsp3) is 0. The number of anilines is 3. The van der Waals surface area contributed by atoms with Gasteiger partial charge in [0.1, 0.15) is 5.58 Å². The molecule has 9 aromatic rings. The second-order valence-electron chi connectivity index (χ2n) is 11.7. The number of furan rings is 1. The molecule has 1 aromatic heterocycles. The number of para-hydroxylation sites is 2. The smallest absolute Gasteiger partial charge is 0.159 e. The summed E-state index contributed by atoms with van der Waals surface area (Å²) < 4.78 is 6.86. The molecule has 2 nitrogen and oxygen atoms in total. The van der Waals surface area contributed by atoms with Crippen LogP contribution in [0.2, 0.25) is 0 Å². The van der Waals surface area contributed by atoms with E-state index in [0.717, 1.165) is 50.0 Å². The van der Waals surface area contributed by atoms with Crippen molar-refractivity contribution in [3.8, 4) is 22.3 Å². The second kappa shape index (κ2) is 10.8. The van der Waals surface area contributed by atoms with E-state index >= 15 is 0 Å². The van der Waals surface area contributed by atoms with Crippen LogP contribution in [0.4, 0.5) is 17.1 Å². The Bertz CT molecular complexity index is 2530. The summed E-state index contributed by atoms with van der Waals surface area (Å²) in [6.45, 7) is 0. The lowest BCUT2D eigenvalue weighted by atomic mass is 9.99. The highest BCUT2D eigenvalue weighted by atomic mass is 16.3. The third-order valence-corrected chi connectivity index (χ3v) is 9.05. The maximum Gasteiger partial charge on any atom is 0.159 e. The maximum absolute atomic E-state index is 6.86. The molecule has 0 bridgehead atoms. The number of hydrogen-bond acceptors (Lipinski definition) is 2. The minimum Gasteiger partial charge on any atom is -0.453 e. The first-order chi connectivity index (χ1) is 22.8. The SMILES string of the molecule is c1ccc(-c2ccccc2N(c2ccc(-c3ccc4ccccc4c3)cc2)c2cccc3c2oc2c4ccccc4ccc32)cc1. The predicted molar refractivity (Wildman–Crippen MR) is 194 cm³/mol. The van der Waals surface area contributed by atoms with E-state index in [9.17, 15) is 0 Å². The molecule has 0 saturated heterocycles. The van der Waals surface area contributed by atoms with Crippen molar-refractivity contribution in [3.63, 3.8) is 0 Å². The summed E-state index contributed by atoms with van der Waals surface area (Å²) in [4.78, 5) is 2.35. The molecule has 0 spiro atoms. The number of rotatable bonds is 5. The van der Waals surface area contributed by atoms with Crippen molar-refractivity contribution in [1.29, 1.82) is 0 Å². The first-order valence-electron chi connectivity index (χ1n) is 15.7.